The van der Waals surface area contributed by atoms with Gasteiger partial charge in [-0.25, -0.2) is 13.6 Å². The van der Waals surface area contributed by atoms with Crippen molar-refractivity contribution < 1.29 is 18.0 Å². The van der Waals surface area contributed by atoms with Crippen molar-refractivity contribution in [1.82, 2.24) is 5.32 Å². The average Bonchev–Trinajstić information content (AvgIpc) is 2.73. The zero-order valence-corrected chi connectivity index (χ0v) is 16.8. The molecule has 3 aromatic carbocycles. The van der Waals surface area contributed by atoms with Crippen LogP contribution in [0.2, 0.25) is 0 Å². The van der Waals surface area contributed by atoms with E-state index in [4.69, 9.17) is 5.14 Å². The van der Waals surface area contributed by atoms with Gasteiger partial charge in [0.15, 0.2) is 0 Å². The third-order valence-corrected chi connectivity index (χ3v) is 5.29. The van der Waals surface area contributed by atoms with Crippen molar-refractivity contribution in [3.63, 3.8) is 0 Å². The molecule has 0 heterocycles. The molecule has 0 aliphatic rings. The second kappa shape index (κ2) is 9.34. The molecule has 0 aliphatic heterocycles. The molecule has 3 aromatic rings. The maximum Gasteiger partial charge on any atom is 0.251 e. The van der Waals surface area contributed by atoms with E-state index in [2.05, 4.69) is 10.6 Å². The first-order chi connectivity index (χ1) is 14.3. The fourth-order valence-electron chi connectivity index (χ4n) is 2.88. The minimum absolute atomic E-state index is 0.0210. The number of benzene rings is 3. The number of amides is 2. The molecular weight excluding hydrogens is 402 g/mol. The first kappa shape index (κ1) is 21.2. The molecule has 0 aromatic heterocycles. The number of anilines is 1. The molecule has 1 atom stereocenters. The highest BCUT2D eigenvalue weighted by Gasteiger charge is 2.23. The number of hydrogen-bond acceptors (Lipinski definition) is 4. The number of para-hydroxylation sites is 1. The normalized spacial score (nSPS) is 12.0. The van der Waals surface area contributed by atoms with Crippen LogP contribution in [0.4, 0.5) is 5.69 Å². The zero-order valence-electron chi connectivity index (χ0n) is 16.0. The number of nitrogens with one attached hydrogen (secondary N) is 2. The van der Waals surface area contributed by atoms with E-state index in [0.29, 0.717) is 16.8 Å². The summed E-state index contributed by atoms with van der Waals surface area (Å²) in [6.07, 6.45) is -0.0210. The van der Waals surface area contributed by atoms with Crippen LogP contribution in [0.5, 0.6) is 0 Å². The second-order valence-corrected chi connectivity index (χ2v) is 8.19. The maximum absolute atomic E-state index is 12.8. The van der Waals surface area contributed by atoms with Gasteiger partial charge in [-0.1, -0.05) is 60.7 Å². The first-order valence-corrected chi connectivity index (χ1v) is 10.7. The fourth-order valence-corrected chi connectivity index (χ4v) is 3.39. The van der Waals surface area contributed by atoms with Gasteiger partial charge in [0.05, 0.1) is 11.3 Å². The number of sulfonamides is 1. The van der Waals surface area contributed by atoms with Crippen LogP contribution in [-0.4, -0.2) is 20.2 Å². The Labute approximate surface area is 175 Å². The van der Waals surface area contributed by atoms with Crippen LogP contribution in [0.25, 0.3) is 0 Å². The van der Waals surface area contributed by atoms with Crippen LogP contribution in [-0.2, 0) is 26.0 Å². The van der Waals surface area contributed by atoms with E-state index >= 15 is 0 Å². The predicted molar refractivity (Wildman–Crippen MR) is 114 cm³/mol. The summed E-state index contributed by atoms with van der Waals surface area (Å²) in [5.74, 6) is -0.749. The Morgan fingerprint density at radius 1 is 0.833 bits per heavy atom. The highest BCUT2D eigenvalue weighted by molar-refractivity contribution is 7.89. The van der Waals surface area contributed by atoms with Crippen LogP contribution >= 0.6 is 0 Å². The number of primary sulfonamides is 1. The number of carbonyl (C=O) groups excluding carboxylic acids is 2. The van der Waals surface area contributed by atoms with Crippen molar-refractivity contribution in [2.24, 2.45) is 5.14 Å². The monoisotopic (exact) mass is 423 g/mol. The molecule has 30 heavy (non-hydrogen) atoms. The van der Waals surface area contributed by atoms with E-state index in [9.17, 15) is 18.0 Å². The summed E-state index contributed by atoms with van der Waals surface area (Å²) in [5.41, 5.74) is 1.86. The fraction of sp³-hybridized carbons (Fsp3) is 0.0909. The van der Waals surface area contributed by atoms with Gasteiger partial charge < -0.3 is 10.6 Å². The lowest BCUT2D eigenvalue weighted by molar-refractivity contribution is -0.126. The molecule has 0 saturated carbocycles. The molecule has 0 bridgehead atoms. The molecule has 0 fully saturated rings. The molecule has 2 amide bonds. The molecule has 0 radical (unpaired) electrons. The topological polar surface area (TPSA) is 118 Å². The summed E-state index contributed by atoms with van der Waals surface area (Å²) >= 11 is 0. The van der Waals surface area contributed by atoms with Crippen LogP contribution in [0.15, 0.2) is 89.8 Å². The number of carbonyl (C=O) groups is 2. The summed E-state index contributed by atoms with van der Waals surface area (Å²) in [7, 11) is -3.80. The van der Waals surface area contributed by atoms with Gasteiger partial charge in [-0.15, -0.1) is 0 Å². The third-order valence-electron chi connectivity index (χ3n) is 4.36. The van der Waals surface area contributed by atoms with E-state index in [1.807, 2.05) is 12.1 Å². The van der Waals surface area contributed by atoms with Gasteiger partial charge in [0.25, 0.3) is 5.91 Å². The van der Waals surface area contributed by atoms with E-state index in [1.165, 1.54) is 24.3 Å². The molecule has 8 heteroatoms. The highest BCUT2D eigenvalue weighted by atomic mass is 32.2. The predicted octanol–water partition coefficient (Wildman–Crippen LogP) is 2.37. The van der Waals surface area contributed by atoms with Gasteiger partial charge in [-0.2, -0.15) is 0 Å². The lowest BCUT2D eigenvalue weighted by Gasteiger charge is -2.19. The quantitative estimate of drug-likeness (QED) is 0.541. The third kappa shape index (κ3) is 5.76. The van der Waals surface area contributed by atoms with Crippen molar-refractivity contribution in [3.8, 4) is 0 Å². The summed E-state index contributed by atoms with van der Waals surface area (Å²) in [4.78, 5) is 25.4. The lowest BCUT2D eigenvalue weighted by Crippen LogP contribution is -2.37. The molecule has 7 nitrogen and oxygen atoms in total. The zero-order chi connectivity index (χ0) is 21.6. The van der Waals surface area contributed by atoms with Crippen LogP contribution in [0.1, 0.15) is 17.2 Å². The van der Waals surface area contributed by atoms with Crippen molar-refractivity contribution in [1.29, 1.82) is 0 Å². The summed E-state index contributed by atoms with van der Waals surface area (Å²) < 4.78 is 22.7. The number of rotatable bonds is 7. The van der Waals surface area contributed by atoms with Gasteiger partial charge in [-0.3, -0.25) is 9.59 Å². The van der Waals surface area contributed by atoms with Gasteiger partial charge in [0, 0.05) is 5.69 Å². The second-order valence-electron chi connectivity index (χ2n) is 6.63. The van der Waals surface area contributed by atoms with Gasteiger partial charge in [-0.05, 0) is 35.4 Å². The molecule has 154 valence electrons. The largest absolute Gasteiger partial charge is 0.340 e. The number of hydrogen-bond donors (Lipinski definition) is 3. The van der Waals surface area contributed by atoms with Gasteiger partial charge >= 0.3 is 0 Å². The summed E-state index contributed by atoms with van der Waals surface area (Å²) in [6.45, 7) is 0. The summed E-state index contributed by atoms with van der Waals surface area (Å²) in [5, 5.41) is 10.6. The minimum atomic E-state index is -3.80. The van der Waals surface area contributed by atoms with Crippen molar-refractivity contribution in [2.45, 2.75) is 17.4 Å². The van der Waals surface area contributed by atoms with Crippen LogP contribution in [0.3, 0.4) is 0 Å². The molecule has 3 rings (SSSR count). The van der Waals surface area contributed by atoms with Crippen molar-refractivity contribution in [3.05, 3.63) is 96.1 Å². The summed E-state index contributed by atoms with van der Waals surface area (Å²) in [6, 6.07) is 22.7. The van der Waals surface area contributed by atoms with Crippen molar-refractivity contribution in [2.75, 3.05) is 5.32 Å². The molecular formula is C22H21N3O4S. The smallest absolute Gasteiger partial charge is 0.251 e. The Morgan fingerprint density at radius 2 is 1.40 bits per heavy atom. The van der Waals surface area contributed by atoms with Gasteiger partial charge in [0.1, 0.15) is 6.04 Å². The average molecular weight is 423 g/mol. The first-order valence-electron chi connectivity index (χ1n) is 9.15. The van der Waals surface area contributed by atoms with Crippen molar-refractivity contribution >= 4 is 27.5 Å². The molecule has 0 aliphatic carbocycles. The number of nitrogens with two attached hydrogens (primary N) is 1. The Bertz CT molecular complexity index is 1120. The van der Waals surface area contributed by atoms with Gasteiger partial charge in [0.2, 0.25) is 15.9 Å². The van der Waals surface area contributed by atoms with E-state index in [1.54, 1.807) is 48.5 Å². The Hall–Kier alpha value is -3.49. The standard InChI is InChI=1S/C22H21N3O4S/c23-30(28,29)19-13-11-16(12-14-19)15-20(26)25-21(17-7-3-1-4-8-17)22(27)24-18-9-5-2-6-10-18/h1-14,21H,15H2,(H,24,27)(H,25,26)(H2,23,28,29). The van der Waals surface area contributed by atoms with E-state index in [-0.39, 0.29) is 23.1 Å². The molecule has 0 spiro atoms. The van der Waals surface area contributed by atoms with E-state index < -0.39 is 16.1 Å². The molecule has 0 saturated heterocycles. The Morgan fingerprint density at radius 3 is 1.97 bits per heavy atom. The van der Waals surface area contributed by atoms with Crippen LogP contribution in [0, 0.1) is 0 Å². The van der Waals surface area contributed by atoms with Crippen LogP contribution < -0.4 is 15.8 Å². The Kier molecular flexibility index (Phi) is 6.61. The molecule has 4 N–H and O–H groups in total. The lowest BCUT2D eigenvalue weighted by atomic mass is 10.0. The SMILES string of the molecule is NS(=O)(=O)c1ccc(CC(=O)NC(C(=O)Nc2ccccc2)c2ccccc2)cc1. The Balaban J connectivity index is 1.74. The highest BCUT2D eigenvalue weighted by Crippen LogP contribution is 2.17. The maximum atomic E-state index is 12.8. The molecule has 1 unspecified atom stereocenters. The minimum Gasteiger partial charge on any atom is -0.340 e. The van der Waals surface area contributed by atoms with E-state index in [0.717, 1.165) is 0 Å².